The molecule has 0 spiro atoms. The smallest absolute Gasteiger partial charge is 0.280 e. The molecule has 5 nitrogen and oxygen atoms in total. The van der Waals surface area contributed by atoms with Gasteiger partial charge in [-0.2, -0.15) is 5.10 Å². The molecule has 3 rings (SSSR count). The lowest BCUT2D eigenvalue weighted by Crippen LogP contribution is -2.17. The number of hydrogen-bond donors (Lipinski definition) is 2. The van der Waals surface area contributed by atoms with Gasteiger partial charge in [-0.1, -0.05) is 35.9 Å². The zero-order valence-corrected chi connectivity index (χ0v) is 14.1. The maximum absolute atomic E-state index is 12.6. The van der Waals surface area contributed by atoms with E-state index >= 15 is 0 Å². The largest absolute Gasteiger partial charge is 0.295 e. The third-order valence-electron chi connectivity index (χ3n) is 3.69. The van der Waals surface area contributed by atoms with Gasteiger partial charge in [-0.05, 0) is 43.7 Å². The van der Waals surface area contributed by atoms with Crippen molar-refractivity contribution in [3.8, 4) is 5.69 Å². The van der Waals surface area contributed by atoms with Crippen molar-refractivity contribution in [3.63, 3.8) is 0 Å². The molecule has 6 heteroatoms. The van der Waals surface area contributed by atoms with Crippen LogP contribution in [0.15, 0.2) is 58.4 Å². The quantitative estimate of drug-likeness (QED) is 0.559. The van der Waals surface area contributed by atoms with Gasteiger partial charge < -0.3 is 0 Å². The summed E-state index contributed by atoms with van der Waals surface area (Å²) in [5, 5.41) is 7.81. The lowest BCUT2D eigenvalue weighted by molar-refractivity contribution is 0.835. The number of H-pyrrole nitrogens is 1. The molecule has 0 radical (unpaired) electrons. The summed E-state index contributed by atoms with van der Waals surface area (Å²) in [5.41, 5.74) is 6.46. The van der Waals surface area contributed by atoms with Gasteiger partial charge in [0.1, 0.15) is 0 Å². The van der Waals surface area contributed by atoms with Gasteiger partial charge in [-0.3, -0.25) is 15.3 Å². The van der Waals surface area contributed by atoms with Crippen LogP contribution < -0.4 is 11.0 Å². The second-order valence-corrected chi connectivity index (χ2v) is 5.87. The topological polar surface area (TPSA) is 62.2 Å². The molecule has 2 aromatic carbocycles. The molecular formula is C18H17ClN4O. The maximum atomic E-state index is 12.6. The van der Waals surface area contributed by atoms with Crippen molar-refractivity contribution in [2.24, 2.45) is 5.10 Å². The SMILES string of the molecule is Cc1ccc(-n2[nH]c(C)c(C=NNc3ccccc3)c2=O)cc1Cl. The van der Waals surface area contributed by atoms with E-state index in [1.54, 1.807) is 6.07 Å². The highest BCUT2D eigenvalue weighted by Crippen LogP contribution is 2.18. The number of benzene rings is 2. The molecule has 2 N–H and O–H groups in total. The third-order valence-corrected chi connectivity index (χ3v) is 4.10. The average molecular weight is 341 g/mol. The number of hydrazone groups is 1. The predicted octanol–water partition coefficient (Wildman–Crippen LogP) is 3.88. The van der Waals surface area contributed by atoms with E-state index in [2.05, 4.69) is 15.6 Å². The Morgan fingerprint density at radius 2 is 1.92 bits per heavy atom. The molecule has 1 heterocycles. The molecule has 0 aliphatic rings. The average Bonchev–Trinajstić information content (AvgIpc) is 2.86. The van der Waals surface area contributed by atoms with Crippen LogP contribution in [0.25, 0.3) is 5.69 Å². The second-order valence-electron chi connectivity index (χ2n) is 5.46. The Morgan fingerprint density at radius 1 is 1.17 bits per heavy atom. The van der Waals surface area contributed by atoms with E-state index in [1.807, 2.05) is 56.3 Å². The Labute approximate surface area is 144 Å². The summed E-state index contributed by atoms with van der Waals surface area (Å²) < 4.78 is 1.46. The van der Waals surface area contributed by atoms with Crippen LogP contribution in [-0.2, 0) is 0 Å². The first-order chi connectivity index (χ1) is 11.6. The number of nitrogens with one attached hydrogen (secondary N) is 2. The number of nitrogens with zero attached hydrogens (tertiary/aromatic N) is 2. The molecule has 0 aliphatic heterocycles. The molecule has 0 atom stereocenters. The molecule has 0 saturated carbocycles. The second kappa shape index (κ2) is 6.76. The molecule has 1 aromatic heterocycles. The molecule has 24 heavy (non-hydrogen) atoms. The Kier molecular flexibility index (Phi) is 4.53. The van der Waals surface area contributed by atoms with Crippen LogP contribution in [0.5, 0.6) is 0 Å². The summed E-state index contributed by atoms with van der Waals surface area (Å²) in [4.78, 5) is 12.6. The number of aromatic amines is 1. The maximum Gasteiger partial charge on any atom is 0.280 e. The highest BCUT2D eigenvalue weighted by Gasteiger charge is 2.11. The van der Waals surface area contributed by atoms with Crippen molar-refractivity contribution < 1.29 is 0 Å². The van der Waals surface area contributed by atoms with Crippen LogP contribution in [0, 0.1) is 13.8 Å². The van der Waals surface area contributed by atoms with Crippen molar-refractivity contribution in [2.75, 3.05) is 5.43 Å². The minimum atomic E-state index is -0.175. The first-order valence-electron chi connectivity index (χ1n) is 7.48. The van der Waals surface area contributed by atoms with Crippen LogP contribution in [-0.4, -0.2) is 16.0 Å². The van der Waals surface area contributed by atoms with Gasteiger partial charge in [-0.25, -0.2) is 4.68 Å². The predicted molar refractivity (Wildman–Crippen MR) is 98.5 cm³/mol. The minimum absolute atomic E-state index is 0.175. The number of hydrogen-bond acceptors (Lipinski definition) is 3. The molecule has 0 unspecified atom stereocenters. The van der Waals surface area contributed by atoms with E-state index in [1.165, 1.54) is 10.9 Å². The lowest BCUT2D eigenvalue weighted by atomic mass is 10.2. The number of aromatic nitrogens is 2. The summed E-state index contributed by atoms with van der Waals surface area (Å²) in [6.07, 6.45) is 1.52. The molecule has 0 fully saturated rings. The lowest BCUT2D eigenvalue weighted by Gasteiger charge is -2.04. The minimum Gasteiger partial charge on any atom is -0.295 e. The molecule has 0 aliphatic carbocycles. The van der Waals surface area contributed by atoms with Gasteiger partial charge in [0.25, 0.3) is 5.56 Å². The first-order valence-corrected chi connectivity index (χ1v) is 7.86. The molecule has 0 saturated heterocycles. The van der Waals surface area contributed by atoms with Gasteiger partial charge in [0.15, 0.2) is 0 Å². The van der Waals surface area contributed by atoms with Crippen LogP contribution in [0.4, 0.5) is 5.69 Å². The fourth-order valence-corrected chi connectivity index (χ4v) is 2.47. The molecule has 0 bridgehead atoms. The Bertz CT molecular complexity index is 941. The molecule has 3 aromatic rings. The number of halogens is 1. The van der Waals surface area contributed by atoms with E-state index in [0.717, 1.165) is 16.9 Å². The molecule has 0 amide bonds. The van der Waals surface area contributed by atoms with Crippen molar-refractivity contribution >= 4 is 23.5 Å². The van der Waals surface area contributed by atoms with Gasteiger partial charge in [-0.15, -0.1) is 0 Å². The summed E-state index contributed by atoms with van der Waals surface area (Å²) in [5.74, 6) is 0. The summed E-state index contributed by atoms with van der Waals surface area (Å²) in [6.45, 7) is 3.75. The Morgan fingerprint density at radius 3 is 2.62 bits per heavy atom. The molecule has 122 valence electrons. The monoisotopic (exact) mass is 340 g/mol. The summed E-state index contributed by atoms with van der Waals surface area (Å²) in [6, 6.07) is 15.0. The van der Waals surface area contributed by atoms with E-state index in [0.29, 0.717) is 16.3 Å². The Hall–Kier alpha value is -2.79. The van der Waals surface area contributed by atoms with Crippen molar-refractivity contribution in [3.05, 3.63) is 80.7 Å². The normalized spacial score (nSPS) is 11.1. The van der Waals surface area contributed by atoms with Gasteiger partial charge in [0, 0.05) is 10.7 Å². The highest BCUT2D eigenvalue weighted by molar-refractivity contribution is 6.31. The van der Waals surface area contributed by atoms with Crippen molar-refractivity contribution in [1.29, 1.82) is 0 Å². The summed E-state index contributed by atoms with van der Waals surface area (Å²) in [7, 11) is 0. The number of para-hydroxylation sites is 1. The summed E-state index contributed by atoms with van der Waals surface area (Å²) >= 11 is 6.15. The van der Waals surface area contributed by atoms with Crippen molar-refractivity contribution in [1.82, 2.24) is 9.78 Å². The van der Waals surface area contributed by atoms with Crippen molar-refractivity contribution in [2.45, 2.75) is 13.8 Å². The number of aryl methyl sites for hydroxylation is 2. The van der Waals surface area contributed by atoms with Crippen LogP contribution in [0.1, 0.15) is 16.8 Å². The van der Waals surface area contributed by atoms with Crippen LogP contribution in [0.3, 0.4) is 0 Å². The third kappa shape index (κ3) is 3.26. The van der Waals surface area contributed by atoms with Gasteiger partial charge >= 0.3 is 0 Å². The standard InChI is InChI=1S/C18H17ClN4O/c1-12-8-9-15(10-17(12)19)23-18(24)16(13(2)22-23)11-20-21-14-6-4-3-5-7-14/h3-11,21-22H,1-2H3. The molecular weight excluding hydrogens is 324 g/mol. The zero-order chi connectivity index (χ0) is 17.1. The first kappa shape index (κ1) is 16.1. The van der Waals surface area contributed by atoms with E-state index in [4.69, 9.17) is 11.6 Å². The van der Waals surface area contributed by atoms with E-state index < -0.39 is 0 Å². The fourth-order valence-electron chi connectivity index (χ4n) is 2.30. The van der Waals surface area contributed by atoms with E-state index in [-0.39, 0.29) is 5.56 Å². The Balaban J connectivity index is 1.89. The number of anilines is 1. The van der Waals surface area contributed by atoms with Gasteiger partial charge in [0.05, 0.1) is 23.2 Å². The van der Waals surface area contributed by atoms with Crippen LogP contribution in [0.2, 0.25) is 5.02 Å². The van der Waals surface area contributed by atoms with E-state index in [9.17, 15) is 4.79 Å². The number of rotatable bonds is 4. The zero-order valence-electron chi connectivity index (χ0n) is 13.4. The highest BCUT2D eigenvalue weighted by atomic mass is 35.5. The fraction of sp³-hybridized carbons (Fsp3) is 0.111. The van der Waals surface area contributed by atoms with Crippen LogP contribution >= 0.6 is 11.6 Å². The van der Waals surface area contributed by atoms with Gasteiger partial charge in [0.2, 0.25) is 0 Å².